The van der Waals surface area contributed by atoms with Crippen LogP contribution in [0.1, 0.15) is 17.8 Å². The molecule has 2 aromatic heterocycles. The molecule has 4 rings (SSSR count). The van der Waals surface area contributed by atoms with Crippen molar-refractivity contribution in [1.29, 1.82) is 0 Å². The van der Waals surface area contributed by atoms with Crippen LogP contribution in [0.5, 0.6) is 0 Å². The topological polar surface area (TPSA) is 44.8 Å². The van der Waals surface area contributed by atoms with Crippen molar-refractivity contribution in [2.75, 3.05) is 19.8 Å². The molecular weight excluding hydrogens is 400 g/mol. The Bertz CT molecular complexity index is 1090. The zero-order chi connectivity index (χ0) is 21.5. The summed E-state index contributed by atoms with van der Waals surface area (Å²) in [5.74, 6) is 1.03. The van der Waals surface area contributed by atoms with Crippen molar-refractivity contribution in [3.05, 3.63) is 90.5 Å². The van der Waals surface area contributed by atoms with Crippen molar-refractivity contribution in [2.45, 2.75) is 24.3 Å². The lowest BCUT2D eigenvalue weighted by atomic mass is 10.1. The van der Waals surface area contributed by atoms with Crippen LogP contribution in [-0.4, -0.2) is 39.7 Å². The van der Waals surface area contributed by atoms with Gasteiger partial charge in [-0.25, -0.2) is 4.98 Å². The van der Waals surface area contributed by atoms with Gasteiger partial charge in [0, 0.05) is 41.4 Å². The highest BCUT2D eigenvalue weighted by atomic mass is 32.2. The van der Waals surface area contributed by atoms with E-state index in [1.54, 1.807) is 11.8 Å². The van der Waals surface area contributed by atoms with Crippen LogP contribution in [0.3, 0.4) is 0 Å². The second kappa shape index (κ2) is 10.4. The number of imidazole rings is 1. The van der Waals surface area contributed by atoms with E-state index in [2.05, 4.69) is 82.8 Å². The molecule has 1 N–H and O–H groups in total. The van der Waals surface area contributed by atoms with Gasteiger partial charge in [-0.05, 0) is 56.1 Å². The standard InChI is InChI=1S/C26H28N4S/c1-30(19-20-8-4-3-5-9-20)17-7-12-24-28-25(21-13-15-27-16-14-21)26(29-24)22-10-6-11-23(18-22)31-2/h3-6,8-11,13-16,18H,7,12,17,19H2,1-2H3,(H,28,29). The molecular formula is C26H28N4S. The Morgan fingerprint density at radius 2 is 1.74 bits per heavy atom. The summed E-state index contributed by atoms with van der Waals surface area (Å²) in [5.41, 5.74) is 5.67. The Balaban J connectivity index is 1.50. The summed E-state index contributed by atoms with van der Waals surface area (Å²) in [6.07, 6.45) is 7.73. The SMILES string of the molecule is CSc1cccc(-c2nc(CCCN(C)Cc3ccccc3)[nH]c2-c2ccncc2)c1. The monoisotopic (exact) mass is 428 g/mol. The third kappa shape index (κ3) is 5.63. The number of aromatic nitrogens is 3. The second-order valence-electron chi connectivity index (χ2n) is 7.70. The van der Waals surface area contributed by atoms with Crippen LogP contribution in [0, 0.1) is 0 Å². The highest BCUT2D eigenvalue weighted by Crippen LogP contribution is 2.32. The Morgan fingerprint density at radius 1 is 0.935 bits per heavy atom. The fourth-order valence-corrected chi connectivity index (χ4v) is 4.20. The van der Waals surface area contributed by atoms with Gasteiger partial charge in [-0.1, -0.05) is 42.5 Å². The molecule has 0 radical (unpaired) electrons. The molecule has 0 unspecified atom stereocenters. The molecule has 2 aromatic carbocycles. The first-order valence-corrected chi connectivity index (χ1v) is 11.8. The van der Waals surface area contributed by atoms with Gasteiger partial charge in [0.25, 0.3) is 0 Å². The van der Waals surface area contributed by atoms with Gasteiger partial charge in [0.1, 0.15) is 5.82 Å². The average Bonchev–Trinajstić information content (AvgIpc) is 3.24. The largest absolute Gasteiger partial charge is 0.341 e. The summed E-state index contributed by atoms with van der Waals surface area (Å²) in [6, 6.07) is 23.3. The number of rotatable bonds is 9. The van der Waals surface area contributed by atoms with Crippen molar-refractivity contribution in [3.8, 4) is 22.5 Å². The number of benzene rings is 2. The molecule has 4 aromatic rings. The summed E-state index contributed by atoms with van der Waals surface area (Å²) in [5, 5.41) is 0. The van der Waals surface area contributed by atoms with E-state index in [9.17, 15) is 0 Å². The Labute approximate surface area is 188 Å². The molecule has 0 atom stereocenters. The van der Waals surface area contributed by atoms with Crippen molar-refractivity contribution in [3.63, 3.8) is 0 Å². The Kier molecular flexibility index (Phi) is 7.18. The smallest absolute Gasteiger partial charge is 0.107 e. The van der Waals surface area contributed by atoms with E-state index in [0.29, 0.717) is 0 Å². The number of nitrogens with zero attached hydrogens (tertiary/aromatic N) is 3. The first-order valence-electron chi connectivity index (χ1n) is 10.6. The molecule has 2 heterocycles. The van der Waals surface area contributed by atoms with Crippen LogP contribution >= 0.6 is 11.8 Å². The quantitative estimate of drug-likeness (QED) is 0.336. The molecule has 0 aliphatic carbocycles. The van der Waals surface area contributed by atoms with Crippen LogP contribution in [-0.2, 0) is 13.0 Å². The predicted octanol–water partition coefficient (Wildman–Crippen LogP) is 5.93. The first kappa shape index (κ1) is 21.3. The molecule has 0 saturated carbocycles. The maximum atomic E-state index is 5.01. The molecule has 0 bridgehead atoms. The fraction of sp³-hybridized carbons (Fsp3) is 0.231. The number of aryl methyl sites for hydroxylation is 1. The molecule has 0 amide bonds. The minimum absolute atomic E-state index is 0.916. The molecule has 158 valence electrons. The van der Waals surface area contributed by atoms with E-state index in [4.69, 9.17) is 4.98 Å². The number of nitrogens with one attached hydrogen (secondary N) is 1. The molecule has 4 nitrogen and oxygen atoms in total. The third-order valence-electron chi connectivity index (χ3n) is 5.31. The molecule has 0 fully saturated rings. The van der Waals surface area contributed by atoms with Gasteiger partial charge in [0.15, 0.2) is 0 Å². The van der Waals surface area contributed by atoms with E-state index in [-0.39, 0.29) is 0 Å². The number of thioether (sulfide) groups is 1. The van der Waals surface area contributed by atoms with Gasteiger partial charge in [-0.15, -0.1) is 11.8 Å². The normalized spacial score (nSPS) is 11.2. The van der Waals surface area contributed by atoms with Crippen LogP contribution < -0.4 is 0 Å². The van der Waals surface area contributed by atoms with Crippen molar-refractivity contribution in [2.24, 2.45) is 0 Å². The molecule has 0 saturated heterocycles. The van der Waals surface area contributed by atoms with Gasteiger partial charge >= 0.3 is 0 Å². The van der Waals surface area contributed by atoms with Crippen molar-refractivity contribution < 1.29 is 0 Å². The summed E-state index contributed by atoms with van der Waals surface area (Å²) >= 11 is 1.75. The van der Waals surface area contributed by atoms with E-state index in [1.807, 2.05) is 24.5 Å². The van der Waals surface area contributed by atoms with Gasteiger partial charge < -0.3 is 9.88 Å². The van der Waals surface area contributed by atoms with Crippen LogP contribution in [0.15, 0.2) is 84.0 Å². The maximum Gasteiger partial charge on any atom is 0.107 e. The zero-order valence-electron chi connectivity index (χ0n) is 18.1. The Hall–Kier alpha value is -2.89. The zero-order valence-corrected chi connectivity index (χ0v) is 18.9. The summed E-state index contributed by atoms with van der Waals surface area (Å²) in [6.45, 7) is 1.99. The first-order chi connectivity index (χ1) is 15.2. The minimum Gasteiger partial charge on any atom is -0.341 e. The highest BCUT2D eigenvalue weighted by Gasteiger charge is 2.15. The lowest BCUT2D eigenvalue weighted by molar-refractivity contribution is 0.321. The maximum absolute atomic E-state index is 5.01. The molecule has 0 aliphatic heterocycles. The summed E-state index contributed by atoms with van der Waals surface area (Å²) < 4.78 is 0. The van der Waals surface area contributed by atoms with Gasteiger partial charge in [-0.3, -0.25) is 4.98 Å². The van der Waals surface area contributed by atoms with Crippen LogP contribution in [0.4, 0.5) is 0 Å². The number of H-pyrrole nitrogens is 1. The minimum atomic E-state index is 0.916. The van der Waals surface area contributed by atoms with E-state index < -0.39 is 0 Å². The van der Waals surface area contributed by atoms with Gasteiger partial charge in [0.05, 0.1) is 11.4 Å². The van der Waals surface area contributed by atoms with E-state index in [1.165, 1.54) is 10.5 Å². The number of hydrogen-bond donors (Lipinski definition) is 1. The molecule has 5 heteroatoms. The van der Waals surface area contributed by atoms with Gasteiger partial charge in [-0.2, -0.15) is 0 Å². The molecule has 0 spiro atoms. The summed E-state index contributed by atoms with van der Waals surface area (Å²) in [7, 11) is 2.18. The van der Waals surface area contributed by atoms with Crippen molar-refractivity contribution >= 4 is 11.8 Å². The number of aromatic amines is 1. The Morgan fingerprint density at radius 3 is 2.52 bits per heavy atom. The van der Waals surface area contributed by atoms with Crippen LogP contribution in [0.25, 0.3) is 22.5 Å². The van der Waals surface area contributed by atoms with Crippen LogP contribution in [0.2, 0.25) is 0 Å². The van der Waals surface area contributed by atoms with Crippen molar-refractivity contribution in [1.82, 2.24) is 19.9 Å². The third-order valence-corrected chi connectivity index (χ3v) is 6.04. The lowest BCUT2D eigenvalue weighted by Gasteiger charge is -2.16. The molecule has 31 heavy (non-hydrogen) atoms. The molecule has 0 aliphatic rings. The van der Waals surface area contributed by atoms with E-state index >= 15 is 0 Å². The number of pyridine rings is 1. The average molecular weight is 429 g/mol. The second-order valence-corrected chi connectivity index (χ2v) is 8.58. The van der Waals surface area contributed by atoms with E-state index in [0.717, 1.165) is 54.3 Å². The predicted molar refractivity (Wildman–Crippen MR) is 130 cm³/mol. The number of hydrogen-bond acceptors (Lipinski definition) is 4. The fourth-order valence-electron chi connectivity index (χ4n) is 3.74. The lowest BCUT2D eigenvalue weighted by Crippen LogP contribution is -2.19. The summed E-state index contributed by atoms with van der Waals surface area (Å²) in [4.78, 5) is 16.4. The highest BCUT2D eigenvalue weighted by molar-refractivity contribution is 7.98. The van der Waals surface area contributed by atoms with Gasteiger partial charge in [0.2, 0.25) is 0 Å².